The summed E-state index contributed by atoms with van der Waals surface area (Å²) in [5.74, 6) is -0.635. The number of amides is 4. The van der Waals surface area contributed by atoms with Crippen molar-refractivity contribution in [2.45, 2.75) is 13.8 Å². The van der Waals surface area contributed by atoms with Crippen molar-refractivity contribution in [3.8, 4) is 5.75 Å². The van der Waals surface area contributed by atoms with Gasteiger partial charge in [-0.25, -0.2) is 0 Å². The van der Waals surface area contributed by atoms with Crippen molar-refractivity contribution < 1.29 is 28.7 Å². The van der Waals surface area contributed by atoms with Gasteiger partial charge in [0.15, 0.2) is 6.61 Å². The van der Waals surface area contributed by atoms with Crippen LogP contribution < -0.4 is 10.1 Å². The second-order valence-corrected chi connectivity index (χ2v) is 9.41. The standard InChI is InChI=1S/C26H27N3O6S/c1-17-5-3-8-21(18(17)2)27-23(30)16-35-20-7-4-6-19(13-20)14-22-25(32)29(26(33)36-22)15-24(31)28-9-11-34-12-10-28/h3-8,13-14H,9-12,15-16H2,1-2H3,(H,27,30)/b22-14-. The molecular weight excluding hydrogens is 482 g/mol. The average molecular weight is 510 g/mol. The number of hydrogen-bond donors (Lipinski definition) is 1. The lowest BCUT2D eigenvalue weighted by molar-refractivity contribution is -0.139. The van der Waals surface area contributed by atoms with Gasteiger partial charge in [-0.15, -0.1) is 0 Å². The number of imide groups is 1. The van der Waals surface area contributed by atoms with Gasteiger partial charge >= 0.3 is 0 Å². The summed E-state index contributed by atoms with van der Waals surface area (Å²) >= 11 is 0.791. The molecule has 0 spiro atoms. The number of morpholine rings is 1. The number of thioether (sulfide) groups is 1. The van der Waals surface area contributed by atoms with E-state index in [2.05, 4.69) is 5.32 Å². The minimum absolute atomic E-state index is 0.184. The molecule has 0 unspecified atom stereocenters. The van der Waals surface area contributed by atoms with Gasteiger partial charge in [0.1, 0.15) is 12.3 Å². The van der Waals surface area contributed by atoms with Crippen molar-refractivity contribution in [3.63, 3.8) is 0 Å². The van der Waals surface area contributed by atoms with E-state index in [1.165, 1.54) is 0 Å². The highest BCUT2D eigenvalue weighted by atomic mass is 32.2. The third-order valence-corrected chi connectivity index (χ3v) is 6.84. The van der Waals surface area contributed by atoms with E-state index >= 15 is 0 Å². The summed E-state index contributed by atoms with van der Waals surface area (Å²) in [6.45, 7) is 5.22. The molecule has 2 aliphatic heterocycles. The molecule has 2 aromatic carbocycles. The highest BCUT2D eigenvalue weighted by Crippen LogP contribution is 2.32. The first-order valence-electron chi connectivity index (χ1n) is 11.5. The number of nitrogens with zero attached hydrogens (tertiary/aromatic N) is 2. The van der Waals surface area contributed by atoms with E-state index in [0.29, 0.717) is 37.6 Å². The molecule has 1 N–H and O–H groups in total. The summed E-state index contributed by atoms with van der Waals surface area (Å²) in [5, 5.41) is 2.36. The SMILES string of the molecule is Cc1cccc(NC(=O)COc2cccc(/C=C3\SC(=O)N(CC(=O)N4CCOCC4)C3=O)c2)c1C. The highest BCUT2D eigenvalue weighted by molar-refractivity contribution is 8.18. The molecule has 4 amide bonds. The van der Waals surface area contributed by atoms with Gasteiger partial charge in [0.05, 0.1) is 18.1 Å². The lowest BCUT2D eigenvalue weighted by Crippen LogP contribution is -2.46. The molecule has 36 heavy (non-hydrogen) atoms. The first-order chi connectivity index (χ1) is 17.3. The number of nitrogens with one attached hydrogen (secondary N) is 1. The molecule has 9 nitrogen and oxygen atoms in total. The summed E-state index contributed by atoms with van der Waals surface area (Å²) in [4.78, 5) is 52.8. The number of anilines is 1. The van der Waals surface area contributed by atoms with Crippen LogP contribution in [0.5, 0.6) is 5.75 Å². The van der Waals surface area contributed by atoms with Gasteiger partial charge < -0.3 is 19.7 Å². The van der Waals surface area contributed by atoms with Gasteiger partial charge in [0.25, 0.3) is 17.1 Å². The molecule has 2 aliphatic rings. The lowest BCUT2D eigenvalue weighted by atomic mass is 10.1. The van der Waals surface area contributed by atoms with Crippen LogP contribution in [0.3, 0.4) is 0 Å². The number of ether oxygens (including phenoxy) is 2. The normalized spacial score (nSPS) is 17.0. The topological polar surface area (TPSA) is 105 Å². The molecule has 2 aromatic rings. The molecule has 0 atom stereocenters. The Kier molecular flexibility index (Phi) is 8.07. The van der Waals surface area contributed by atoms with Crippen LogP contribution in [0, 0.1) is 13.8 Å². The minimum atomic E-state index is -0.508. The van der Waals surface area contributed by atoms with Gasteiger partial charge in [-0.3, -0.25) is 24.1 Å². The molecule has 188 valence electrons. The molecule has 0 aromatic heterocycles. The maximum absolute atomic E-state index is 12.8. The quantitative estimate of drug-likeness (QED) is 0.572. The minimum Gasteiger partial charge on any atom is -0.484 e. The summed E-state index contributed by atoms with van der Waals surface area (Å²) in [7, 11) is 0. The number of rotatable bonds is 7. The Balaban J connectivity index is 1.36. The van der Waals surface area contributed by atoms with Gasteiger partial charge in [-0.1, -0.05) is 24.3 Å². The zero-order valence-corrected chi connectivity index (χ0v) is 20.9. The van der Waals surface area contributed by atoms with Crippen molar-refractivity contribution in [2.75, 3.05) is 44.8 Å². The van der Waals surface area contributed by atoms with Crippen LogP contribution in [0.4, 0.5) is 10.5 Å². The summed E-state index contributed by atoms with van der Waals surface area (Å²) < 4.78 is 10.9. The second-order valence-electron chi connectivity index (χ2n) is 8.42. The fourth-order valence-corrected chi connectivity index (χ4v) is 4.59. The predicted octanol–water partition coefficient (Wildman–Crippen LogP) is 3.22. The molecule has 2 saturated heterocycles. The number of carbonyl (C=O) groups is 4. The molecule has 4 rings (SSSR count). The number of carbonyl (C=O) groups excluding carboxylic acids is 4. The molecule has 0 bridgehead atoms. The number of aryl methyl sites for hydroxylation is 1. The monoisotopic (exact) mass is 509 g/mol. The van der Waals surface area contributed by atoms with Gasteiger partial charge in [0, 0.05) is 18.8 Å². The Bertz CT molecular complexity index is 1220. The van der Waals surface area contributed by atoms with E-state index in [1.807, 2.05) is 32.0 Å². The van der Waals surface area contributed by atoms with E-state index in [1.54, 1.807) is 35.2 Å². The Labute approximate surface area is 213 Å². The summed E-state index contributed by atoms with van der Waals surface area (Å²) in [6, 6.07) is 12.6. The van der Waals surface area contributed by atoms with E-state index in [9.17, 15) is 19.2 Å². The van der Waals surface area contributed by atoms with Crippen LogP contribution in [0.2, 0.25) is 0 Å². The van der Waals surface area contributed by atoms with Crippen molar-refractivity contribution in [3.05, 3.63) is 64.1 Å². The van der Waals surface area contributed by atoms with Crippen LogP contribution in [0.25, 0.3) is 6.08 Å². The van der Waals surface area contributed by atoms with Crippen LogP contribution in [0.1, 0.15) is 16.7 Å². The maximum atomic E-state index is 12.8. The molecule has 0 aliphatic carbocycles. The second kappa shape index (κ2) is 11.4. The van der Waals surface area contributed by atoms with Crippen LogP contribution in [-0.2, 0) is 19.1 Å². The highest BCUT2D eigenvalue weighted by Gasteiger charge is 2.37. The van der Waals surface area contributed by atoms with E-state index < -0.39 is 11.1 Å². The first-order valence-corrected chi connectivity index (χ1v) is 12.3. The molecule has 0 radical (unpaired) electrons. The number of benzene rings is 2. The molecule has 10 heteroatoms. The smallest absolute Gasteiger partial charge is 0.294 e. The third-order valence-electron chi connectivity index (χ3n) is 5.94. The summed E-state index contributed by atoms with van der Waals surface area (Å²) in [5.41, 5.74) is 3.44. The average Bonchev–Trinajstić information content (AvgIpc) is 3.13. The largest absolute Gasteiger partial charge is 0.484 e. The van der Waals surface area contributed by atoms with Crippen molar-refractivity contribution in [2.24, 2.45) is 0 Å². The van der Waals surface area contributed by atoms with E-state index in [-0.39, 0.29) is 29.9 Å². The van der Waals surface area contributed by atoms with Crippen molar-refractivity contribution in [1.29, 1.82) is 0 Å². The van der Waals surface area contributed by atoms with E-state index in [4.69, 9.17) is 9.47 Å². The molecular formula is C26H27N3O6S. The van der Waals surface area contributed by atoms with Crippen LogP contribution in [0.15, 0.2) is 47.4 Å². The van der Waals surface area contributed by atoms with Gasteiger partial charge in [-0.2, -0.15) is 0 Å². The molecule has 0 saturated carbocycles. The lowest BCUT2D eigenvalue weighted by Gasteiger charge is -2.28. The zero-order valence-electron chi connectivity index (χ0n) is 20.1. The molecule has 2 heterocycles. The van der Waals surface area contributed by atoms with Gasteiger partial charge in [0.2, 0.25) is 5.91 Å². The van der Waals surface area contributed by atoms with Crippen LogP contribution in [-0.4, -0.2) is 72.2 Å². The Morgan fingerprint density at radius 3 is 2.64 bits per heavy atom. The van der Waals surface area contributed by atoms with Gasteiger partial charge in [-0.05, 0) is 66.6 Å². The Morgan fingerprint density at radius 1 is 1.11 bits per heavy atom. The van der Waals surface area contributed by atoms with Crippen molar-refractivity contribution in [1.82, 2.24) is 9.80 Å². The van der Waals surface area contributed by atoms with Crippen LogP contribution >= 0.6 is 11.8 Å². The Hall–Kier alpha value is -3.63. The fourth-order valence-electron chi connectivity index (χ4n) is 3.75. The first kappa shape index (κ1) is 25.5. The summed E-state index contributed by atoms with van der Waals surface area (Å²) in [6.07, 6.45) is 1.58. The maximum Gasteiger partial charge on any atom is 0.294 e. The Morgan fingerprint density at radius 2 is 1.86 bits per heavy atom. The van der Waals surface area contributed by atoms with E-state index in [0.717, 1.165) is 33.5 Å². The third kappa shape index (κ3) is 6.13. The van der Waals surface area contributed by atoms with Crippen molar-refractivity contribution >= 4 is 46.5 Å². The zero-order chi connectivity index (χ0) is 25.7. The predicted molar refractivity (Wildman–Crippen MR) is 137 cm³/mol. The molecule has 2 fully saturated rings. The number of hydrogen-bond acceptors (Lipinski definition) is 7. The fraction of sp³-hybridized carbons (Fsp3) is 0.308.